The van der Waals surface area contributed by atoms with Gasteiger partial charge < -0.3 is 14.4 Å². The predicted octanol–water partition coefficient (Wildman–Crippen LogP) is 2.49. The molecule has 1 saturated heterocycles. The molecular formula is C18H22N2O3. The molecule has 1 aromatic heterocycles. The van der Waals surface area contributed by atoms with Gasteiger partial charge in [0, 0.05) is 37.6 Å². The van der Waals surface area contributed by atoms with E-state index in [9.17, 15) is 9.90 Å². The lowest BCUT2D eigenvalue weighted by atomic mass is 10.1. The molecule has 0 radical (unpaired) electrons. The van der Waals surface area contributed by atoms with E-state index in [0.717, 1.165) is 56.3 Å². The topological polar surface area (TPSA) is 54.7 Å². The smallest absolute Gasteiger partial charge is 0.337 e. The molecule has 5 heteroatoms. The van der Waals surface area contributed by atoms with E-state index in [1.807, 2.05) is 37.3 Å². The van der Waals surface area contributed by atoms with Gasteiger partial charge in [-0.15, -0.1) is 0 Å². The van der Waals surface area contributed by atoms with Crippen LogP contribution in [0.1, 0.15) is 16.1 Å². The summed E-state index contributed by atoms with van der Waals surface area (Å²) in [7, 11) is 0. The van der Waals surface area contributed by atoms with Gasteiger partial charge in [-0.1, -0.05) is 30.3 Å². The maximum Gasteiger partial charge on any atom is 0.337 e. The largest absolute Gasteiger partial charge is 0.478 e. The Bertz CT molecular complexity index is 673. The molecule has 3 rings (SSSR count). The van der Waals surface area contributed by atoms with Crippen molar-refractivity contribution >= 4 is 5.97 Å². The van der Waals surface area contributed by atoms with Gasteiger partial charge in [0.25, 0.3) is 0 Å². The zero-order valence-electron chi connectivity index (χ0n) is 13.4. The van der Waals surface area contributed by atoms with Crippen LogP contribution >= 0.6 is 0 Å². The summed E-state index contributed by atoms with van der Waals surface area (Å²) < 4.78 is 7.50. The number of aromatic carboxylic acids is 1. The van der Waals surface area contributed by atoms with Crippen LogP contribution in [0.25, 0.3) is 11.3 Å². The van der Waals surface area contributed by atoms with Crippen LogP contribution in [0.4, 0.5) is 0 Å². The number of hydrogen-bond donors (Lipinski definition) is 1. The summed E-state index contributed by atoms with van der Waals surface area (Å²) in [5, 5.41) is 9.43. The van der Waals surface area contributed by atoms with Gasteiger partial charge in [-0.2, -0.15) is 0 Å². The Labute approximate surface area is 136 Å². The van der Waals surface area contributed by atoms with E-state index in [4.69, 9.17) is 4.74 Å². The van der Waals surface area contributed by atoms with Gasteiger partial charge in [0.05, 0.1) is 18.8 Å². The molecule has 2 heterocycles. The van der Waals surface area contributed by atoms with Gasteiger partial charge in [0.15, 0.2) is 0 Å². The number of morpholine rings is 1. The van der Waals surface area contributed by atoms with E-state index in [2.05, 4.69) is 9.47 Å². The minimum atomic E-state index is -0.871. The minimum Gasteiger partial charge on any atom is -0.478 e. The number of aromatic nitrogens is 1. The van der Waals surface area contributed by atoms with Crippen molar-refractivity contribution in [1.29, 1.82) is 0 Å². The van der Waals surface area contributed by atoms with Gasteiger partial charge in [0.1, 0.15) is 0 Å². The average Bonchev–Trinajstić information content (AvgIpc) is 2.91. The summed E-state index contributed by atoms with van der Waals surface area (Å²) in [6.45, 7) is 6.99. The van der Waals surface area contributed by atoms with Crippen LogP contribution in [0.2, 0.25) is 0 Å². The molecule has 0 saturated carbocycles. The van der Waals surface area contributed by atoms with Crippen molar-refractivity contribution in [2.75, 3.05) is 32.8 Å². The summed E-state index contributed by atoms with van der Waals surface area (Å²) in [6.07, 6.45) is 0. The molecule has 0 bridgehead atoms. The van der Waals surface area contributed by atoms with Crippen molar-refractivity contribution in [1.82, 2.24) is 9.47 Å². The molecule has 1 aromatic carbocycles. The highest BCUT2D eigenvalue weighted by molar-refractivity contribution is 5.91. The quantitative estimate of drug-likeness (QED) is 0.921. The lowest BCUT2D eigenvalue weighted by Crippen LogP contribution is -2.38. The highest BCUT2D eigenvalue weighted by atomic mass is 16.5. The average molecular weight is 314 g/mol. The fraction of sp³-hybridized carbons (Fsp3) is 0.389. The van der Waals surface area contributed by atoms with Crippen LogP contribution in [0.3, 0.4) is 0 Å². The molecule has 2 aromatic rings. The third kappa shape index (κ3) is 3.46. The summed E-state index contributed by atoms with van der Waals surface area (Å²) >= 11 is 0. The Morgan fingerprint density at radius 2 is 1.87 bits per heavy atom. The maximum atomic E-state index is 11.5. The Balaban J connectivity index is 1.88. The first-order valence-electron chi connectivity index (χ1n) is 7.96. The van der Waals surface area contributed by atoms with Crippen molar-refractivity contribution in [3.63, 3.8) is 0 Å². The molecule has 0 unspecified atom stereocenters. The van der Waals surface area contributed by atoms with Crippen LogP contribution in [0.15, 0.2) is 36.4 Å². The second-order valence-corrected chi connectivity index (χ2v) is 5.81. The monoisotopic (exact) mass is 314 g/mol. The fourth-order valence-corrected chi connectivity index (χ4v) is 3.06. The second-order valence-electron chi connectivity index (χ2n) is 5.81. The SMILES string of the molecule is Cc1c(C(=O)O)cc(-c2ccccc2)n1CCN1CCOCC1. The normalized spacial score (nSPS) is 15.7. The molecule has 1 aliphatic rings. The number of carboxylic acid groups (broad SMARTS) is 1. The number of rotatable bonds is 5. The summed E-state index contributed by atoms with van der Waals surface area (Å²) in [6, 6.07) is 11.7. The minimum absolute atomic E-state index is 0.380. The molecule has 1 fully saturated rings. The van der Waals surface area contributed by atoms with E-state index >= 15 is 0 Å². The van der Waals surface area contributed by atoms with E-state index in [1.165, 1.54) is 0 Å². The number of ether oxygens (including phenoxy) is 1. The molecule has 23 heavy (non-hydrogen) atoms. The highest BCUT2D eigenvalue weighted by Gasteiger charge is 2.18. The first-order valence-corrected chi connectivity index (χ1v) is 7.96. The molecule has 1 aliphatic heterocycles. The summed E-state index contributed by atoms with van der Waals surface area (Å²) in [4.78, 5) is 13.8. The zero-order chi connectivity index (χ0) is 16.2. The van der Waals surface area contributed by atoms with E-state index < -0.39 is 5.97 Å². The van der Waals surface area contributed by atoms with Crippen molar-refractivity contribution in [2.24, 2.45) is 0 Å². The molecule has 0 spiro atoms. The van der Waals surface area contributed by atoms with Crippen molar-refractivity contribution in [3.8, 4) is 11.3 Å². The van der Waals surface area contributed by atoms with Gasteiger partial charge in [0.2, 0.25) is 0 Å². The summed E-state index contributed by atoms with van der Waals surface area (Å²) in [5.41, 5.74) is 3.20. The van der Waals surface area contributed by atoms with Crippen molar-refractivity contribution in [2.45, 2.75) is 13.5 Å². The number of nitrogens with zero attached hydrogens (tertiary/aromatic N) is 2. The van der Waals surface area contributed by atoms with Gasteiger partial charge in [-0.3, -0.25) is 4.90 Å². The van der Waals surface area contributed by atoms with Crippen molar-refractivity contribution < 1.29 is 14.6 Å². The lowest BCUT2D eigenvalue weighted by molar-refractivity contribution is 0.0364. The second kappa shape index (κ2) is 6.98. The molecular weight excluding hydrogens is 292 g/mol. The van der Waals surface area contributed by atoms with Crippen LogP contribution in [-0.4, -0.2) is 53.4 Å². The Morgan fingerprint density at radius 1 is 1.17 bits per heavy atom. The number of hydrogen-bond acceptors (Lipinski definition) is 3. The van der Waals surface area contributed by atoms with Gasteiger partial charge >= 0.3 is 5.97 Å². The molecule has 0 aliphatic carbocycles. The number of carboxylic acids is 1. The molecule has 5 nitrogen and oxygen atoms in total. The Hall–Kier alpha value is -2.11. The fourth-order valence-electron chi connectivity index (χ4n) is 3.06. The lowest BCUT2D eigenvalue weighted by Gasteiger charge is -2.27. The molecule has 0 amide bonds. The molecule has 122 valence electrons. The van der Waals surface area contributed by atoms with E-state index in [0.29, 0.717) is 5.56 Å². The van der Waals surface area contributed by atoms with E-state index in [1.54, 1.807) is 6.07 Å². The first kappa shape index (κ1) is 15.8. The van der Waals surface area contributed by atoms with Crippen LogP contribution in [0, 0.1) is 6.92 Å². The van der Waals surface area contributed by atoms with Gasteiger partial charge in [-0.25, -0.2) is 4.79 Å². The first-order chi connectivity index (χ1) is 11.2. The van der Waals surface area contributed by atoms with Crippen LogP contribution in [-0.2, 0) is 11.3 Å². The van der Waals surface area contributed by atoms with Crippen LogP contribution in [0.5, 0.6) is 0 Å². The Morgan fingerprint density at radius 3 is 2.52 bits per heavy atom. The van der Waals surface area contributed by atoms with Crippen LogP contribution < -0.4 is 0 Å². The van der Waals surface area contributed by atoms with Gasteiger partial charge in [-0.05, 0) is 18.6 Å². The number of carbonyl (C=O) groups is 1. The third-order valence-corrected chi connectivity index (χ3v) is 4.41. The third-order valence-electron chi connectivity index (χ3n) is 4.41. The summed E-state index contributed by atoms with van der Waals surface area (Å²) in [5.74, 6) is -0.871. The molecule has 1 N–H and O–H groups in total. The highest BCUT2D eigenvalue weighted by Crippen LogP contribution is 2.26. The predicted molar refractivity (Wildman–Crippen MR) is 88.8 cm³/mol. The number of benzene rings is 1. The zero-order valence-corrected chi connectivity index (χ0v) is 13.4. The standard InChI is InChI=1S/C18H22N2O3/c1-14-16(18(21)22)13-17(15-5-3-2-4-6-15)20(14)8-7-19-9-11-23-12-10-19/h2-6,13H,7-12H2,1H3,(H,21,22). The molecule has 0 atom stereocenters. The maximum absolute atomic E-state index is 11.5. The Kier molecular flexibility index (Phi) is 4.79. The van der Waals surface area contributed by atoms with E-state index in [-0.39, 0.29) is 0 Å². The van der Waals surface area contributed by atoms with Crippen molar-refractivity contribution in [3.05, 3.63) is 47.7 Å².